The van der Waals surface area contributed by atoms with Gasteiger partial charge in [0.2, 0.25) is 0 Å². The number of nitrogens with one attached hydrogen (secondary N) is 1. The van der Waals surface area contributed by atoms with Crippen LogP contribution in [0.5, 0.6) is 11.5 Å². The van der Waals surface area contributed by atoms with Gasteiger partial charge >= 0.3 is 0 Å². The van der Waals surface area contributed by atoms with Crippen molar-refractivity contribution in [3.05, 3.63) is 65.4 Å². The monoisotopic (exact) mass is 365 g/mol. The van der Waals surface area contributed by atoms with Crippen molar-refractivity contribution in [3.63, 3.8) is 0 Å². The molecule has 0 aliphatic rings. The van der Waals surface area contributed by atoms with Gasteiger partial charge in [-0.15, -0.1) is 0 Å². The quantitative estimate of drug-likeness (QED) is 0.534. The second kappa shape index (κ2) is 8.18. The molecule has 0 aliphatic carbocycles. The lowest BCUT2D eigenvalue weighted by Crippen LogP contribution is -2.19. The Bertz CT molecular complexity index is 965. The van der Waals surface area contributed by atoms with E-state index in [2.05, 4.69) is 15.7 Å². The summed E-state index contributed by atoms with van der Waals surface area (Å²) in [6.07, 6.45) is 1.49. The van der Waals surface area contributed by atoms with Crippen molar-refractivity contribution in [3.8, 4) is 22.8 Å². The van der Waals surface area contributed by atoms with Crippen LogP contribution in [0.1, 0.15) is 21.7 Å². The molecule has 3 aromatic rings. The largest absolute Gasteiger partial charge is 0.493 e. The van der Waals surface area contributed by atoms with Crippen LogP contribution in [-0.2, 0) is 0 Å². The van der Waals surface area contributed by atoms with Crippen LogP contribution in [0.4, 0.5) is 0 Å². The predicted octanol–water partition coefficient (Wildman–Crippen LogP) is 3.43. The molecule has 0 saturated carbocycles. The van der Waals surface area contributed by atoms with E-state index in [-0.39, 0.29) is 0 Å². The maximum absolute atomic E-state index is 12.6. The SMILES string of the molecule is COc1cccc(C=NNC(=O)c2c(-c3ccccc3)noc2C)c1OC. The van der Waals surface area contributed by atoms with Crippen molar-refractivity contribution in [1.29, 1.82) is 0 Å². The third-order valence-corrected chi connectivity index (χ3v) is 3.94. The number of aromatic nitrogens is 1. The molecule has 0 unspecified atom stereocenters. The number of methoxy groups -OCH3 is 2. The van der Waals surface area contributed by atoms with Gasteiger partial charge in [-0.25, -0.2) is 5.43 Å². The molecule has 7 nitrogen and oxygen atoms in total. The highest BCUT2D eigenvalue weighted by atomic mass is 16.5. The number of amides is 1. The number of hydrazone groups is 1. The Morgan fingerprint density at radius 1 is 1.11 bits per heavy atom. The first-order valence-corrected chi connectivity index (χ1v) is 8.21. The number of ether oxygens (including phenoxy) is 2. The molecule has 2 aromatic carbocycles. The summed E-state index contributed by atoms with van der Waals surface area (Å²) in [5.74, 6) is 1.12. The van der Waals surface area contributed by atoms with E-state index < -0.39 is 5.91 Å². The van der Waals surface area contributed by atoms with E-state index >= 15 is 0 Å². The molecule has 0 atom stereocenters. The maximum atomic E-state index is 12.6. The Morgan fingerprint density at radius 2 is 1.89 bits per heavy atom. The van der Waals surface area contributed by atoms with Crippen molar-refractivity contribution in [1.82, 2.24) is 10.6 Å². The molecule has 1 N–H and O–H groups in total. The number of benzene rings is 2. The summed E-state index contributed by atoms with van der Waals surface area (Å²) in [6, 6.07) is 14.7. The molecule has 0 spiro atoms. The van der Waals surface area contributed by atoms with E-state index in [1.165, 1.54) is 6.21 Å². The molecule has 3 rings (SSSR count). The van der Waals surface area contributed by atoms with Gasteiger partial charge in [-0.1, -0.05) is 41.6 Å². The molecule has 138 valence electrons. The number of nitrogens with zero attached hydrogens (tertiary/aromatic N) is 2. The third kappa shape index (κ3) is 3.82. The van der Waals surface area contributed by atoms with Crippen LogP contribution in [0.3, 0.4) is 0 Å². The molecule has 1 aromatic heterocycles. The molecule has 0 aliphatic heterocycles. The second-order valence-corrected chi connectivity index (χ2v) is 5.61. The number of carbonyl (C=O) groups excluding carboxylic acids is 1. The molecule has 1 amide bonds. The third-order valence-electron chi connectivity index (χ3n) is 3.94. The summed E-state index contributed by atoms with van der Waals surface area (Å²) in [4.78, 5) is 12.6. The highest BCUT2D eigenvalue weighted by Gasteiger charge is 2.21. The van der Waals surface area contributed by atoms with Crippen molar-refractivity contribution >= 4 is 12.1 Å². The summed E-state index contributed by atoms with van der Waals surface area (Å²) < 4.78 is 15.8. The van der Waals surface area contributed by atoms with Gasteiger partial charge in [0.1, 0.15) is 17.0 Å². The van der Waals surface area contributed by atoms with Gasteiger partial charge in [-0.2, -0.15) is 5.10 Å². The topological polar surface area (TPSA) is 86.0 Å². The average Bonchev–Trinajstić information content (AvgIpc) is 3.09. The second-order valence-electron chi connectivity index (χ2n) is 5.61. The number of aryl methyl sites for hydroxylation is 1. The molecular weight excluding hydrogens is 346 g/mol. The first-order chi connectivity index (χ1) is 13.2. The highest BCUT2D eigenvalue weighted by Crippen LogP contribution is 2.29. The smallest absolute Gasteiger partial charge is 0.277 e. The van der Waals surface area contributed by atoms with Crippen LogP contribution < -0.4 is 14.9 Å². The van der Waals surface area contributed by atoms with Gasteiger partial charge in [0, 0.05) is 11.1 Å². The van der Waals surface area contributed by atoms with Crippen molar-refractivity contribution in [2.75, 3.05) is 14.2 Å². The molecule has 7 heteroatoms. The van der Waals surface area contributed by atoms with Crippen LogP contribution in [-0.4, -0.2) is 31.5 Å². The Labute approximate surface area is 156 Å². The molecule has 0 bridgehead atoms. The maximum Gasteiger partial charge on any atom is 0.277 e. The number of hydrogen-bond acceptors (Lipinski definition) is 6. The highest BCUT2D eigenvalue weighted by molar-refractivity contribution is 6.01. The summed E-state index contributed by atoms with van der Waals surface area (Å²) in [5.41, 5.74) is 4.78. The van der Waals surface area contributed by atoms with Crippen molar-refractivity contribution < 1.29 is 18.8 Å². The Hall–Kier alpha value is -3.61. The minimum absolute atomic E-state index is 0.343. The lowest BCUT2D eigenvalue weighted by Gasteiger charge is -2.09. The van der Waals surface area contributed by atoms with Gasteiger partial charge in [0.15, 0.2) is 11.5 Å². The number of carbonyl (C=O) groups is 1. The fourth-order valence-corrected chi connectivity index (χ4v) is 2.66. The van der Waals surface area contributed by atoms with Crippen LogP contribution in [0, 0.1) is 6.92 Å². The minimum Gasteiger partial charge on any atom is -0.493 e. The summed E-state index contributed by atoms with van der Waals surface area (Å²) >= 11 is 0. The molecular formula is C20H19N3O4. The summed E-state index contributed by atoms with van der Waals surface area (Å²) in [6.45, 7) is 1.68. The van der Waals surface area contributed by atoms with Gasteiger partial charge in [-0.3, -0.25) is 4.79 Å². The van der Waals surface area contributed by atoms with Crippen LogP contribution in [0.25, 0.3) is 11.3 Å². The molecule has 0 radical (unpaired) electrons. The normalized spacial score (nSPS) is 10.8. The van der Waals surface area contributed by atoms with E-state index in [1.807, 2.05) is 36.4 Å². The van der Waals surface area contributed by atoms with Crippen LogP contribution >= 0.6 is 0 Å². The summed E-state index contributed by atoms with van der Waals surface area (Å²) in [7, 11) is 3.10. The first-order valence-electron chi connectivity index (χ1n) is 8.21. The zero-order valence-corrected chi connectivity index (χ0v) is 15.2. The fraction of sp³-hybridized carbons (Fsp3) is 0.150. The Kier molecular flexibility index (Phi) is 5.51. The van der Waals surface area contributed by atoms with Gasteiger partial charge < -0.3 is 14.0 Å². The van der Waals surface area contributed by atoms with Crippen LogP contribution in [0.15, 0.2) is 58.2 Å². The summed E-state index contributed by atoms with van der Waals surface area (Å²) in [5, 5.41) is 8.03. The Morgan fingerprint density at radius 3 is 2.59 bits per heavy atom. The van der Waals surface area contributed by atoms with E-state index in [4.69, 9.17) is 14.0 Å². The van der Waals surface area contributed by atoms with Crippen molar-refractivity contribution in [2.45, 2.75) is 6.92 Å². The number of rotatable bonds is 6. The zero-order valence-electron chi connectivity index (χ0n) is 15.2. The van der Waals surface area contributed by atoms with E-state index in [0.717, 1.165) is 5.56 Å². The zero-order chi connectivity index (χ0) is 19.2. The standard InChI is InChI=1S/C20H19N3O4/c1-13-17(18(23-27-13)14-8-5-4-6-9-14)20(24)22-21-12-15-10-7-11-16(25-2)19(15)26-3/h4-12H,1-3H3,(H,22,24). The van der Waals surface area contributed by atoms with E-state index in [0.29, 0.717) is 34.1 Å². The molecule has 0 fully saturated rings. The Balaban J connectivity index is 1.82. The van der Waals surface area contributed by atoms with E-state index in [1.54, 1.807) is 33.3 Å². The lowest BCUT2D eigenvalue weighted by molar-refractivity contribution is 0.0954. The van der Waals surface area contributed by atoms with Gasteiger partial charge in [0.05, 0.1) is 20.4 Å². The van der Waals surface area contributed by atoms with Crippen LogP contribution in [0.2, 0.25) is 0 Å². The van der Waals surface area contributed by atoms with E-state index in [9.17, 15) is 4.79 Å². The fourth-order valence-electron chi connectivity index (χ4n) is 2.66. The first kappa shape index (κ1) is 18.2. The predicted molar refractivity (Wildman–Crippen MR) is 101 cm³/mol. The molecule has 0 saturated heterocycles. The molecule has 1 heterocycles. The minimum atomic E-state index is -0.411. The average molecular weight is 365 g/mol. The van der Waals surface area contributed by atoms with Gasteiger partial charge in [0.25, 0.3) is 5.91 Å². The number of hydrogen-bond donors (Lipinski definition) is 1. The lowest BCUT2D eigenvalue weighted by atomic mass is 10.1. The van der Waals surface area contributed by atoms with Crippen molar-refractivity contribution in [2.24, 2.45) is 5.10 Å². The number of para-hydroxylation sites is 1. The van der Waals surface area contributed by atoms with Gasteiger partial charge in [-0.05, 0) is 19.1 Å². The molecule has 27 heavy (non-hydrogen) atoms.